The van der Waals surface area contributed by atoms with Gasteiger partial charge in [-0.2, -0.15) is 0 Å². The molecule has 1 aliphatic heterocycles. The Morgan fingerprint density at radius 2 is 2.04 bits per heavy atom. The molecule has 1 fully saturated rings. The van der Waals surface area contributed by atoms with Gasteiger partial charge in [0.25, 0.3) is 5.91 Å². The molecule has 1 amide bonds. The van der Waals surface area contributed by atoms with Crippen LogP contribution >= 0.6 is 0 Å². The molecular formula is C22H22N2O4. The molecule has 0 aliphatic carbocycles. The zero-order chi connectivity index (χ0) is 19.5. The van der Waals surface area contributed by atoms with Crippen LogP contribution in [0.15, 0.2) is 54.6 Å². The minimum Gasteiger partial charge on any atom is -0.497 e. The van der Waals surface area contributed by atoms with E-state index in [1.54, 1.807) is 30.2 Å². The highest BCUT2D eigenvalue weighted by molar-refractivity contribution is 5.92. The monoisotopic (exact) mass is 378 g/mol. The lowest BCUT2D eigenvalue weighted by Gasteiger charge is -2.33. The van der Waals surface area contributed by atoms with Crippen molar-refractivity contribution in [2.24, 2.45) is 0 Å². The number of fused-ring (bicyclic) bond motifs is 1. The fraction of sp³-hybridized carbons (Fsp3) is 0.273. The van der Waals surface area contributed by atoms with Crippen molar-refractivity contribution in [3.8, 4) is 5.75 Å². The van der Waals surface area contributed by atoms with E-state index in [0.29, 0.717) is 31.1 Å². The van der Waals surface area contributed by atoms with Crippen molar-refractivity contribution in [2.45, 2.75) is 12.7 Å². The first-order valence-electron chi connectivity index (χ1n) is 9.23. The van der Waals surface area contributed by atoms with Crippen molar-refractivity contribution in [1.82, 2.24) is 9.88 Å². The third-order valence-corrected chi connectivity index (χ3v) is 4.98. The summed E-state index contributed by atoms with van der Waals surface area (Å²) in [5, 5.41) is 11.4. The molecule has 6 nitrogen and oxygen atoms in total. The van der Waals surface area contributed by atoms with Crippen LogP contribution in [0.4, 0.5) is 0 Å². The largest absolute Gasteiger partial charge is 0.497 e. The molecule has 0 spiro atoms. The predicted octanol–water partition coefficient (Wildman–Crippen LogP) is 2.95. The third kappa shape index (κ3) is 3.69. The summed E-state index contributed by atoms with van der Waals surface area (Å²) in [6.45, 7) is 1.27. The first-order valence-corrected chi connectivity index (χ1v) is 9.23. The van der Waals surface area contributed by atoms with Crippen molar-refractivity contribution in [2.75, 3.05) is 26.8 Å². The summed E-state index contributed by atoms with van der Waals surface area (Å²) in [6.07, 6.45) is -0.190. The molecule has 0 bridgehead atoms. The van der Waals surface area contributed by atoms with Gasteiger partial charge in [-0.3, -0.25) is 4.79 Å². The minimum atomic E-state index is -0.190. The standard InChI is InChI=1S/C22H22N2O4/c1-27-19-8-7-15-11-17(6-5-16(15)12-19)21-13-24(9-10-28-21)22(26)20-4-2-3-18(14-25)23-20/h2-8,11-12,21,25H,9-10,13-14H2,1H3. The maximum Gasteiger partial charge on any atom is 0.272 e. The van der Waals surface area contributed by atoms with Crippen molar-refractivity contribution < 1.29 is 19.4 Å². The number of methoxy groups -OCH3 is 1. The Labute approximate surface area is 163 Å². The van der Waals surface area contributed by atoms with Gasteiger partial charge in [-0.1, -0.05) is 24.3 Å². The summed E-state index contributed by atoms with van der Waals surface area (Å²) < 4.78 is 11.2. The number of carbonyl (C=O) groups is 1. The summed E-state index contributed by atoms with van der Waals surface area (Å²) >= 11 is 0. The van der Waals surface area contributed by atoms with E-state index in [1.165, 1.54) is 0 Å². The molecule has 0 radical (unpaired) electrons. The van der Waals surface area contributed by atoms with Crippen molar-refractivity contribution >= 4 is 16.7 Å². The van der Waals surface area contributed by atoms with Gasteiger partial charge in [0.2, 0.25) is 0 Å². The number of rotatable bonds is 4. The Morgan fingerprint density at radius 1 is 1.21 bits per heavy atom. The number of benzene rings is 2. The number of aliphatic hydroxyl groups excluding tert-OH is 1. The third-order valence-electron chi connectivity index (χ3n) is 4.98. The van der Waals surface area contributed by atoms with Gasteiger partial charge >= 0.3 is 0 Å². The quantitative estimate of drug-likeness (QED) is 0.756. The zero-order valence-electron chi connectivity index (χ0n) is 15.7. The highest BCUT2D eigenvalue weighted by Gasteiger charge is 2.27. The van der Waals surface area contributed by atoms with E-state index in [2.05, 4.69) is 11.1 Å². The van der Waals surface area contributed by atoms with Gasteiger partial charge in [0.1, 0.15) is 17.5 Å². The smallest absolute Gasteiger partial charge is 0.272 e. The zero-order valence-corrected chi connectivity index (χ0v) is 15.7. The van der Waals surface area contributed by atoms with Crippen LogP contribution in [0.5, 0.6) is 5.75 Å². The van der Waals surface area contributed by atoms with Crippen LogP contribution in [0.2, 0.25) is 0 Å². The maximum absolute atomic E-state index is 12.8. The molecule has 6 heteroatoms. The van der Waals surface area contributed by atoms with Crippen molar-refractivity contribution in [1.29, 1.82) is 0 Å². The van der Waals surface area contributed by atoms with Crippen LogP contribution < -0.4 is 4.74 Å². The molecule has 1 saturated heterocycles. The van der Waals surface area contributed by atoms with Crippen LogP contribution in [0.3, 0.4) is 0 Å². The number of aromatic nitrogens is 1. The summed E-state index contributed by atoms with van der Waals surface area (Å²) in [7, 11) is 1.65. The molecule has 1 atom stereocenters. The lowest BCUT2D eigenvalue weighted by Crippen LogP contribution is -2.42. The number of pyridine rings is 1. The number of aliphatic hydroxyl groups is 1. The fourth-order valence-electron chi connectivity index (χ4n) is 3.45. The van der Waals surface area contributed by atoms with Crippen molar-refractivity contribution in [3.05, 3.63) is 71.5 Å². The Bertz CT molecular complexity index is 1000. The average molecular weight is 378 g/mol. The summed E-state index contributed by atoms with van der Waals surface area (Å²) in [6, 6.07) is 17.2. The summed E-state index contributed by atoms with van der Waals surface area (Å²) in [5.41, 5.74) is 1.87. The average Bonchev–Trinajstić information content (AvgIpc) is 2.78. The van der Waals surface area contributed by atoms with E-state index in [9.17, 15) is 9.90 Å². The molecule has 4 rings (SSSR count). The number of hydrogen-bond acceptors (Lipinski definition) is 5. The second-order valence-corrected chi connectivity index (χ2v) is 6.76. The lowest BCUT2D eigenvalue weighted by molar-refractivity contribution is -0.0229. The summed E-state index contributed by atoms with van der Waals surface area (Å²) in [4.78, 5) is 18.8. The Kier molecular flexibility index (Phi) is 5.23. The second kappa shape index (κ2) is 7.96. The Balaban J connectivity index is 1.54. The van der Waals surface area contributed by atoms with Crippen molar-refractivity contribution in [3.63, 3.8) is 0 Å². The number of amides is 1. The van der Waals surface area contributed by atoms with Crippen LogP contribution in [0.1, 0.15) is 27.8 Å². The van der Waals surface area contributed by atoms with E-state index in [-0.39, 0.29) is 18.6 Å². The second-order valence-electron chi connectivity index (χ2n) is 6.76. The molecule has 144 valence electrons. The molecule has 28 heavy (non-hydrogen) atoms. The maximum atomic E-state index is 12.8. The molecule has 1 aromatic heterocycles. The van der Waals surface area contributed by atoms with Crippen LogP contribution in [0, 0.1) is 0 Å². The summed E-state index contributed by atoms with van der Waals surface area (Å²) in [5.74, 6) is 0.678. The van der Waals surface area contributed by atoms with Gasteiger partial charge in [0.15, 0.2) is 0 Å². The van der Waals surface area contributed by atoms with Gasteiger partial charge in [-0.15, -0.1) is 0 Å². The molecular weight excluding hydrogens is 356 g/mol. The Morgan fingerprint density at radius 3 is 2.86 bits per heavy atom. The number of nitrogens with zero attached hydrogens (tertiary/aromatic N) is 2. The first-order chi connectivity index (χ1) is 13.7. The molecule has 1 aliphatic rings. The number of hydrogen-bond donors (Lipinski definition) is 1. The first kappa shape index (κ1) is 18.4. The molecule has 2 heterocycles. The number of morpholine rings is 1. The van der Waals surface area contributed by atoms with Gasteiger partial charge < -0.3 is 19.5 Å². The molecule has 1 unspecified atom stereocenters. The van der Waals surface area contributed by atoms with E-state index < -0.39 is 0 Å². The molecule has 0 saturated carbocycles. The lowest BCUT2D eigenvalue weighted by atomic mass is 10.0. The van der Waals surface area contributed by atoms with Gasteiger partial charge in [0, 0.05) is 6.54 Å². The minimum absolute atomic E-state index is 0.144. The SMILES string of the molecule is COc1ccc2cc(C3CN(C(=O)c4cccc(CO)n4)CCO3)ccc2c1. The highest BCUT2D eigenvalue weighted by atomic mass is 16.5. The van der Waals surface area contributed by atoms with Gasteiger partial charge in [-0.05, 0) is 46.7 Å². The molecule has 2 aromatic carbocycles. The Hall–Kier alpha value is -2.96. The van der Waals surface area contributed by atoms with Crippen LogP contribution in [-0.2, 0) is 11.3 Å². The topological polar surface area (TPSA) is 71.9 Å². The fourth-order valence-corrected chi connectivity index (χ4v) is 3.45. The van der Waals surface area contributed by atoms with E-state index in [4.69, 9.17) is 9.47 Å². The van der Waals surface area contributed by atoms with Crippen LogP contribution in [0.25, 0.3) is 10.8 Å². The van der Waals surface area contributed by atoms with E-state index >= 15 is 0 Å². The van der Waals surface area contributed by atoms with E-state index in [0.717, 1.165) is 22.1 Å². The van der Waals surface area contributed by atoms with E-state index in [1.807, 2.05) is 30.3 Å². The highest BCUT2D eigenvalue weighted by Crippen LogP contribution is 2.28. The van der Waals surface area contributed by atoms with Gasteiger partial charge in [-0.25, -0.2) is 4.98 Å². The normalized spacial score (nSPS) is 16.9. The van der Waals surface area contributed by atoms with Crippen LogP contribution in [-0.4, -0.2) is 47.7 Å². The number of carbonyl (C=O) groups excluding carboxylic acids is 1. The van der Waals surface area contributed by atoms with Gasteiger partial charge in [0.05, 0.1) is 32.6 Å². The number of ether oxygens (including phenoxy) is 2. The predicted molar refractivity (Wildman–Crippen MR) is 105 cm³/mol. The molecule has 1 N–H and O–H groups in total. The molecule has 3 aromatic rings.